The largest absolute Gasteiger partial charge is 0.379 e. The fourth-order valence-electron chi connectivity index (χ4n) is 3.73. The van der Waals surface area contributed by atoms with Gasteiger partial charge in [-0.15, -0.1) is 0 Å². The number of benzene rings is 3. The summed E-state index contributed by atoms with van der Waals surface area (Å²) in [6.07, 6.45) is 2.00. The SMILES string of the molecule is Cc1ccn2c(NCc3ccccc3)c(-c3ccc(OS(=O)(=O)c4ccccc4)cc3)nc2c1. The number of hydrogen-bond acceptors (Lipinski definition) is 5. The normalized spacial score (nSPS) is 11.4. The number of pyridine rings is 1. The van der Waals surface area contributed by atoms with E-state index in [2.05, 4.69) is 17.4 Å². The van der Waals surface area contributed by atoms with Crippen LogP contribution in [0, 0.1) is 6.92 Å². The van der Waals surface area contributed by atoms with Crippen molar-refractivity contribution in [3.05, 3.63) is 114 Å². The first-order valence-electron chi connectivity index (χ1n) is 10.9. The third-order valence-electron chi connectivity index (χ3n) is 5.45. The van der Waals surface area contributed by atoms with Crippen molar-refractivity contribution in [2.24, 2.45) is 0 Å². The van der Waals surface area contributed by atoms with Crippen molar-refractivity contribution in [1.29, 1.82) is 0 Å². The molecule has 0 atom stereocenters. The van der Waals surface area contributed by atoms with Crippen LogP contribution in [0.2, 0.25) is 0 Å². The van der Waals surface area contributed by atoms with Crippen LogP contribution in [0.25, 0.3) is 16.9 Å². The maximum absolute atomic E-state index is 12.5. The number of aryl methyl sites for hydroxylation is 1. The Hall–Kier alpha value is -4.10. The Balaban J connectivity index is 1.46. The van der Waals surface area contributed by atoms with Crippen molar-refractivity contribution in [2.75, 3.05) is 5.32 Å². The zero-order valence-electron chi connectivity index (χ0n) is 18.5. The summed E-state index contributed by atoms with van der Waals surface area (Å²) in [4.78, 5) is 4.96. The minimum atomic E-state index is -3.90. The molecule has 5 rings (SSSR count). The van der Waals surface area contributed by atoms with Gasteiger partial charge in [-0.2, -0.15) is 8.42 Å². The van der Waals surface area contributed by atoms with E-state index in [1.165, 1.54) is 12.1 Å². The zero-order chi connectivity index (χ0) is 23.5. The summed E-state index contributed by atoms with van der Waals surface area (Å²) in [6, 6.07) is 29.2. The first-order valence-corrected chi connectivity index (χ1v) is 12.3. The molecule has 0 amide bonds. The van der Waals surface area contributed by atoms with Gasteiger partial charge in [-0.25, -0.2) is 4.98 Å². The predicted octanol–water partition coefficient (Wildman–Crippen LogP) is 5.69. The molecular formula is C27H23N3O3S. The van der Waals surface area contributed by atoms with Crippen molar-refractivity contribution >= 4 is 21.6 Å². The van der Waals surface area contributed by atoms with Crippen LogP contribution in [0.1, 0.15) is 11.1 Å². The molecule has 0 aliphatic heterocycles. The second kappa shape index (κ2) is 9.03. The zero-order valence-corrected chi connectivity index (χ0v) is 19.4. The molecule has 2 aromatic heterocycles. The predicted molar refractivity (Wildman–Crippen MR) is 133 cm³/mol. The van der Waals surface area contributed by atoms with E-state index < -0.39 is 10.1 Å². The standard InChI is InChI=1S/C27H23N3O3S/c1-20-16-17-30-25(18-20)29-26(27(30)28-19-21-8-4-2-5-9-21)22-12-14-23(15-13-22)33-34(31,32)24-10-6-3-7-11-24/h2-18,28H,19H2,1H3. The molecule has 170 valence electrons. The number of nitrogens with one attached hydrogen (secondary N) is 1. The molecule has 0 bridgehead atoms. The van der Waals surface area contributed by atoms with Crippen LogP contribution in [0.15, 0.2) is 108 Å². The molecule has 0 unspecified atom stereocenters. The van der Waals surface area contributed by atoms with E-state index in [1.54, 1.807) is 30.3 Å². The molecule has 34 heavy (non-hydrogen) atoms. The lowest BCUT2D eigenvalue weighted by molar-refractivity contribution is 0.486. The average molecular weight is 470 g/mol. The molecule has 1 N–H and O–H groups in total. The van der Waals surface area contributed by atoms with Crippen LogP contribution in [0.3, 0.4) is 0 Å². The highest BCUT2D eigenvalue weighted by atomic mass is 32.2. The van der Waals surface area contributed by atoms with Crippen LogP contribution in [-0.2, 0) is 16.7 Å². The monoisotopic (exact) mass is 469 g/mol. The van der Waals surface area contributed by atoms with E-state index in [4.69, 9.17) is 9.17 Å². The summed E-state index contributed by atoms with van der Waals surface area (Å²) < 4.78 is 32.4. The summed E-state index contributed by atoms with van der Waals surface area (Å²) in [5.74, 6) is 1.11. The van der Waals surface area contributed by atoms with E-state index in [9.17, 15) is 8.42 Å². The van der Waals surface area contributed by atoms with Gasteiger partial charge in [0.15, 0.2) is 0 Å². The molecule has 6 nitrogen and oxygen atoms in total. The quantitative estimate of drug-likeness (QED) is 0.310. The molecule has 3 aromatic carbocycles. The molecule has 0 saturated heterocycles. The van der Waals surface area contributed by atoms with Gasteiger partial charge in [0.1, 0.15) is 27.8 Å². The van der Waals surface area contributed by atoms with Crippen molar-refractivity contribution in [1.82, 2.24) is 9.38 Å². The molecule has 0 aliphatic carbocycles. The van der Waals surface area contributed by atoms with Gasteiger partial charge in [0, 0.05) is 18.3 Å². The fraction of sp³-hybridized carbons (Fsp3) is 0.0741. The number of rotatable bonds is 7. The van der Waals surface area contributed by atoms with Crippen LogP contribution in [0.5, 0.6) is 5.75 Å². The minimum absolute atomic E-state index is 0.113. The van der Waals surface area contributed by atoms with E-state index in [0.29, 0.717) is 6.54 Å². The minimum Gasteiger partial charge on any atom is -0.379 e. The highest BCUT2D eigenvalue weighted by molar-refractivity contribution is 7.87. The molecule has 0 spiro atoms. The lowest BCUT2D eigenvalue weighted by Crippen LogP contribution is -2.09. The van der Waals surface area contributed by atoms with Crippen LogP contribution >= 0.6 is 0 Å². The summed E-state index contributed by atoms with van der Waals surface area (Å²) >= 11 is 0. The Morgan fingerprint density at radius 3 is 2.26 bits per heavy atom. The van der Waals surface area contributed by atoms with Crippen molar-refractivity contribution < 1.29 is 12.6 Å². The first-order chi connectivity index (χ1) is 16.5. The van der Waals surface area contributed by atoms with Gasteiger partial charge in [0.25, 0.3) is 0 Å². The second-order valence-electron chi connectivity index (χ2n) is 7.96. The van der Waals surface area contributed by atoms with Crippen molar-refractivity contribution in [3.8, 4) is 17.0 Å². The van der Waals surface area contributed by atoms with Gasteiger partial charge in [0.2, 0.25) is 0 Å². The van der Waals surface area contributed by atoms with Crippen molar-refractivity contribution in [3.63, 3.8) is 0 Å². The Morgan fingerprint density at radius 2 is 1.56 bits per heavy atom. The highest BCUT2D eigenvalue weighted by Gasteiger charge is 2.18. The van der Waals surface area contributed by atoms with Gasteiger partial charge < -0.3 is 9.50 Å². The van der Waals surface area contributed by atoms with E-state index in [0.717, 1.165) is 33.8 Å². The number of fused-ring (bicyclic) bond motifs is 1. The maximum atomic E-state index is 12.5. The molecule has 0 fully saturated rings. The number of hydrogen-bond donors (Lipinski definition) is 1. The Morgan fingerprint density at radius 1 is 0.882 bits per heavy atom. The third-order valence-corrected chi connectivity index (χ3v) is 6.71. The number of anilines is 1. The molecule has 0 saturated carbocycles. The molecule has 5 aromatic rings. The molecule has 0 aliphatic rings. The van der Waals surface area contributed by atoms with E-state index in [-0.39, 0.29) is 10.6 Å². The van der Waals surface area contributed by atoms with Gasteiger partial charge in [-0.3, -0.25) is 4.40 Å². The number of aromatic nitrogens is 2. The van der Waals surface area contributed by atoms with Gasteiger partial charge in [-0.1, -0.05) is 48.5 Å². The number of nitrogens with zero attached hydrogens (tertiary/aromatic N) is 2. The lowest BCUT2D eigenvalue weighted by atomic mass is 10.1. The second-order valence-corrected chi connectivity index (χ2v) is 9.50. The maximum Gasteiger partial charge on any atom is 0.339 e. The van der Waals surface area contributed by atoms with Crippen LogP contribution < -0.4 is 9.50 Å². The van der Waals surface area contributed by atoms with Crippen molar-refractivity contribution in [2.45, 2.75) is 18.4 Å². The fourth-order valence-corrected chi connectivity index (χ4v) is 4.68. The van der Waals surface area contributed by atoms with Gasteiger partial charge in [-0.05, 0) is 66.6 Å². The topological polar surface area (TPSA) is 72.7 Å². The molecular weight excluding hydrogens is 446 g/mol. The van der Waals surface area contributed by atoms with Crippen LogP contribution in [-0.4, -0.2) is 17.8 Å². The molecule has 7 heteroatoms. The van der Waals surface area contributed by atoms with E-state index in [1.807, 2.05) is 60.0 Å². The van der Waals surface area contributed by atoms with Gasteiger partial charge >= 0.3 is 10.1 Å². The first kappa shape index (κ1) is 21.7. The Bertz CT molecular complexity index is 1530. The third kappa shape index (κ3) is 4.51. The molecule has 0 radical (unpaired) electrons. The Kier molecular flexibility index (Phi) is 5.77. The van der Waals surface area contributed by atoms with E-state index >= 15 is 0 Å². The smallest absolute Gasteiger partial charge is 0.339 e. The van der Waals surface area contributed by atoms with Gasteiger partial charge in [0.05, 0.1) is 0 Å². The highest BCUT2D eigenvalue weighted by Crippen LogP contribution is 2.31. The van der Waals surface area contributed by atoms with Crippen LogP contribution in [0.4, 0.5) is 5.82 Å². The summed E-state index contributed by atoms with van der Waals surface area (Å²) in [6.45, 7) is 2.68. The summed E-state index contributed by atoms with van der Waals surface area (Å²) in [7, 11) is -3.90. The summed E-state index contributed by atoms with van der Waals surface area (Å²) in [5, 5.41) is 3.52. The average Bonchev–Trinajstić information content (AvgIpc) is 3.21. The lowest BCUT2D eigenvalue weighted by Gasteiger charge is -2.10. The Labute approximate surface area is 198 Å². The molecule has 2 heterocycles. The summed E-state index contributed by atoms with van der Waals surface area (Å²) in [5.41, 5.74) is 4.73. The number of imidazole rings is 1.